The lowest BCUT2D eigenvalue weighted by Crippen LogP contribution is -2.48. The third-order valence-electron chi connectivity index (χ3n) is 8.21. The molecule has 2 saturated carbocycles. The largest absolute Gasteiger partial charge is 0.494 e. The number of aryl methyl sites for hydroxylation is 1. The SMILES string of the molecule is COc1cc(C(=O)N2CC3CC(N)C2C3)cc2nc(-c3cc4cccnc4n3CC3CC3)n(C)c12. The quantitative estimate of drug-likeness (QED) is 0.482. The van der Waals surface area contributed by atoms with Gasteiger partial charge in [0.2, 0.25) is 0 Å². The van der Waals surface area contributed by atoms with Crippen molar-refractivity contribution in [2.24, 2.45) is 24.6 Å². The molecule has 1 aliphatic heterocycles. The smallest absolute Gasteiger partial charge is 0.254 e. The molecule has 4 aromatic rings. The Balaban J connectivity index is 1.35. The van der Waals surface area contributed by atoms with E-state index in [9.17, 15) is 4.79 Å². The maximum absolute atomic E-state index is 13.5. The Morgan fingerprint density at radius 1 is 1.23 bits per heavy atom. The third-order valence-corrected chi connectivity index (χ3v) is 8.21. The number of carbonyl (C=O) groups is 1. The van der Waals surface area contributed by atoms with Crippen LogP contribution in [-0.4, -0.2) is 55.6 Å². The van der Waals surface area contributed by atoms with Crippen LogP contribution in [-0.2, 0) is 13.6 Å². The summed E-state index contributed by atoms with van der Waals surface area (Å²) in [6.07, 6.45) is 6.40. The molecule has 2 bridgehead atoms. The highest BCUT2D eigenvalue weighted by Gasteiger charge is 2.45. The first-order valence-corrected chi connectivity index (χ1v) is 12.6. The highest BCUT2D eigenvalue weighted by molar-refractivity contribution is 6.00. The summed E-state index contributed by atoms with van der Waals surface area (Å²) in [6, 6.07) is 10.2. The highest BCUT2D eigenvalue weighted by atomic mass is 16.5. The molecule has 4 heterocycles. The number of hydrogen-bond donors (Lipinski definition) is 1. The Morgan fingerprint density at radius 3 is 2.83 bits per heavy atom. The van der Waals surface area contributed by atoms with Gasteiger partial charge in [-0.3, -0.25) is 4.79 Å². The molecule has 1 aromatic carbocycles. The van der Waals surface area contributed by atoms with Crippen LogP contribution >= 0.6 is 0 Å². The lowest BCUT2D eigenvalue weighted by molar-refractivity contribution is 0.0685. The number of benzene rings is 1. The Bertz CT molecular complexity index is 1480. The number of nitrogens with zero attached hydrogens (tertiary/aromatic N) is 5. The number of hydrogen-bond acceptors (Lipinski definition) is 5. The van der Waals surface area contributed by atoms with Crippen LogP contribution in [0.25, 0.3) is 33.6 Å². The average Bonchev–Trinajstić information content (AvgIpc) is 3.16. The second-order valence-electron chi connectivity index (χ2n) is 10.6. The molecule has 2 N–H and O–H groups in total. The van der Waals surface area contributed by atoms with Gasteiger partial charge in [0, 0.05) is 49.4 Å². The molecule has 1 amide bonds. The van der Waals surface area contributed by atoms with Gasteiger partial charge in [0.1, 0.15) is 16.9 Å². The first-order chi connectivity index (χ1) is 17.0. The zero-order chi connectivity index (χ0) is 23.8. The van der Waals surface area contributed by atoms with E-state index in [2.05, 4.69) is 26.3 Å². The van der Waals surface area contributed by atoms with Crippen molar-refractivity contribution in [3.05, 3.63) is 42.1 Å². The standard InChI is InChI=1S/C27H30N6O2/c1-31-24-20(10-18(12-23(24)35-2)27(34)33-14-16-8-19(28)21(33)9-16)30-26(31)22-11-17-4-3-7-29-25(17)32(22)13-15-5-6-15/h3-4,7,10-12,15-16,19,21H,5-6,8-9,13-14,28H2,1-2H3. The minimum absolute atomic E-state index is 0.0205. The van der Waals surface area contributed by atoms with Crippen molar-refractivity contribution in [3.8, 4) is 17.3 Å². The second kappa shape index (κ2) is 7.55. The minimum Gasteiger partial charge on any atom is -0.494 e. The van der Waals surface area contributed by atoms with Gasteiger partial charge in [-0.15, -0.1) is 0 Å². The molecule has 3 fully saturated rings. The number of likely N-dealkylation sites (tertiary alicyclic amines) is 1. The fourth-order valence-electron chi connectivity index (χ4n) is 6.31. The number of methoxy groups -OCH3 is 1. The maximum Gasteiger partial charge on any atom is 0.254 e. The summed E-state index contributed by atoms with van der Waals surface area (Å²) in [5.41, 5.74) is 10.6. The number of nitrogens with two attached hydrogens (primary N) is 1. The van der Waals surface area contributed by atoms with Gasteiger partial charge in [0.15, 0.2) is 5.82 Å². The van der Waals surface area contributed by atoms with Crippen molar-refractivity contribution >= 4 is 28.0 Å². The summed E-state index contributed by atoms with van der Waals surface area (Å²) in [4.78, 5) is 25.2. The van der Waals surface area contributed by atoms with Crippen LogP contribution in [0.2, 0.25) is 0 Å². The van der Waals surface area contributed by atoms with Crippen LogP contribution in [0.15, 0.2) is 36.5 Å². The fourth-order valence-corrected chi connectivity index (χ4v) is 6.31. The topological polar surface area (TPSA) is 91.2 Å². The van der Waals surface area contributed by atoms with Crippen LogP contribution < -0.4 is 10.5 Å². The number of pyridine rings is 1. The van der Waals surface area contributed by atoms with Crippen molar-refractivity contribution in [3.63, 3.8) is 0 Å². The third kappa shape index (κ3) is 3.19. The number of imidazole rings is 1. The van der Waals surface area contributed by atoms with E-state index in [-0.39, 0.29) is 18.0 Å². The summed E-state index contributed by atoms with van der Waals surface area (Å²) in [5, 5.41) is 1.11. The van der Waals surface area contributed by atoms with Gasteiger partial charge in [-0.2, -0.15) is 0 Å². The number of fused-ring (bicyclic) bond motifs is 4. The molecule has 8 heteroatoms. The molecule has 3 unspecified atom stereocenters. The molecule has 35 heavy (non-hydrogen) atoms. The number of piperidine rings is 1. The van der Waals surface area contributed by atoms with Crippen molar-refractivity contribution in [2.75, 3.05) is 13.7 Å². The molecule has 180 valence electrons. The molecule has 8 nitrogen and oxygen atoms in total. The van der Waals surface area contributed by atoms with Gasteiger partial charge >= 0.3 is 0 Å². The van der Waals surface area contributed by atoms with E-state index in [4.69, 9.17) is 15.5 Å². The Morgan fingerprint density at radius 2 is 2.09 bits per heavy atom. The van der Waals surface area contributed by atoms with Crippen molar-refractivity contribution < 1.29 is 9.53 Å². The van der Waals surface area contributed by atoms with E-state index in [1.54, 1.807) is 7.11 Å². The monoisotopic (exact) mass is 470 g/mol. The average molecular weight is 471 g/mol. The molecule has 2 aliphatic carbocycles. The fraction of sp³-hybridized carbons (Fsp3) is 0.444. The molecule has 1 saturated heterocycles. The number of ether oxygens (including phenoxy) is 1. The first-order valence-electron chi connectivity index (χ1n) is 12.6. The minimum atomic E-state index is 0.0205. The molecule has 0 spiro atoms. The van der Waals surface area contributed by atoms with Crippen LogP contribution in [0, 0.1) is 11.8 Å². The summed E-state index contributed by atoms with van der Waals surface area (Å²) in [5.74, 6) is 2.75. The second-order valence-corrected chi connectivity index (χ2v) is 10.6. The number of rotatable bonds is 5. The number of carbonyl (C=O) groups excluding carboxylic acids is 1. The molecular formula is C27H30N6O2. The van der Waals surface area contributed by atoms with Crippen LogP contribution in [0.4, 0.5) is 0 Å². The normalized spacial score (nSPS) is 23.6. The predicted octanol–water partition coefficient (Wildman–Crippen LogP) is 3.57. The van der Waals surface area contributed by atoms with E-state index in [1.807, 2.05) is 36.3 Å². The number of amides is 1. The molecule has 3 aromatic heterocycles. The van der Waals surface area contributed by atoms with E-state index >= 15 is 0 Å². The van der Waals surface area contributed by atoms with Gasteiger partial charge in [-0.05, 0) is 67.9 Å². The lowest BCUT2D eigenvalue weighted by Gasteiger charge is -2.31. The van der Waals surface area contributed by atoms with Crippen LogP contribution in [0.5, 0.6) is 5.75 Å². The number of aromatic nitrogens is 4. The molecule has 7 rings (SSSR count). The predicted molar refractivity (Wildman–Crippen MR) is 134 cm³/mol. The summed E-state index contributed by atoms with van der Waals surface area (Å²) >= 11 is 0. The van der Waals surface area contributed by atoms with Crippen molar-refractivity contribution in [1.29, 1.82) is 0 Å². The van der Waals surface area contributed by atoms with Crippen LogP contribution in [0.1, 0.15) is 36.0 Å². The Kier molecular flexibility index (Phi) is 4.52. The Hall–Kier alpha value is -3.39. The van der Waals surface area contributed by atoms with E-state index in [1.165, 1.54) is 12.8 Å². The zero-order valence-electron chi connectivity index (χ0n) is 20.1. The van der Waals surface area contributed by atoms with E-state index in [0.29, 0.717) is 23.1 Å². The van der Waals surface area contributed by atoms with E-state index < -0.39 is 0 Å². The van der Waals surface area contributed by atoms with Gasteiger partial charge in [-0.25, -0.2) is 9.97 Å². The van der Waals surface area contributed by atoms with Crippen molar-refractivity contribution in [2.45, 2.75) is 44.3 Å². The molecule has 3 aliphatic rings. The van der Waals surface area contributed by atoms with Gasteiger partial charge < -0.3 is 24.5 Å². The van der Waals surface area contributed by atoms with Crippen molar-refractivity contribution in [1.82, 2.24) is 24.0 Å². The van der Waals surface area contributed by atoms with Gasteiger partial charge in [0.25, 0.3) is 5.91 Å². The summed E-state index contributed by atoms with van der Waals surface area (Å²) in [7, 11) is 3.66. The maximum atomic E-state index is 13.5. The summed E-state index contributed by atoms with van der Waals surface area (Å²) < 4.78 is 10.2. The highest BCUT2D eigenvalue weighted by Crippen LogP contribution is 2.40. The molecule has 3 atom stereocenters. The molecule has 0 radical (unpaired) electrons. The molecular weight excluding hydrogens is 440 g/mol. The zero-order valence-corrected chi connectivity index (χ0v) is 20.1. The van der Waals surface area contributed by atoms with E-state index in [0.717, 1.165) is 59.5 Å². The summed E-state index contributed by atoms with van der Waals surface area (Å²) in [6.45, 7) is 1.73. The first kappa shape index (κ1) is 20.9. The lowest BCUT2D eigenvalue weighted by atomic mass is 10.0. The van der Waals surface area contributed by atoms with Gasteiger partial charge in [0.05, 0.1) is 18.3 Å². The van der Waals surface area contributed by atoms with Crippen LogP contribution in [0.3, 0.4) is 0 Å². The Labute approximate surface area is 203 Å². The van der Waals surface area contributed by atoms with Gasteiger partial charge in [-0.1, -0.05) is 0 Å².